The third kappa shape index (κ3) is 4.20. The maximum atomic E-state index is 12.0. The molecule has 0 aliphatic heterocycles. The Hall–Kier alpha value is 0.0700. The summed E-state index contributed by atoms with van der Waals surface area (Å²) in [7, 11) is 0. The molecule has 0 unspecified atom stereocenters. The zero-order valence-electron chi connectivity index (χ0n) is 6.83. The molecule has 0 aromatic carbocycles. The quantitative estimate of drug-likeness (QED) is 0.590. The van der Waals surface area contributed by atoms with Gasteiger partial charge in [0.15, 0.2) is 0 Å². The van der Waals surface area contributed by atoms with Gasteiger partial charge in [-0.2, -0.15) is 13.2 Å². The first-order valence-electron chi connectivity index (χ1n) is 3.42. The van der Waals surface area contributed by atoms with Gasteiger partial charge in [0, 0.05) is 6.42 Å². The van der Waals surface area contributed by atoms with E-state index < -0.39 is 16.9 Å². The van der Waals surface area contributed by atoms with E-state index in [1.807, 2.05) is 0 Å². The molecule has 0 heterocycles. The largest absolute Gasteiger partial charge is 0.421 e. The molecule has 1 N–H and O–H groups in total. The third-order valence-electron chi connectivity index (χ3n) is 1.37. The molecular formula is C7H9Cl2F3O. The van der Waals surface area contributed by atoms with E-state index in [0.29, 0.717) is 5.57 Å². The van der Waals surface area contributed by atoms with Crippen molar-refractivity contribution in [2.75, 3.05) is 6.61 Å². The lowest BCUT2D eigenvalue weighted by atomic mass is 10.2. The lowest BCUT2D eigenvalue weighted by Gasteiger charge is -2.21. The molecule has 0 saturated carbocycles. The van der Waals surface area contributed by atoms with Crippen LogP contribution in [0.3, 0.4) is 0 Å². The highest BCUT2D eigenvalue weighted by atomic mass is 35.5. The topological polar surface area (TPSA) is 20.2 Å². The molecule has 0 aromatic heterocycles. The number of halogens is 5. The van der Waals surface area contributed by atoms with Crippen LogP contribution in [0.5, 0.6) is 0 Å². The first-order valence-corrected chi connectivity index (χ1v) is 4.17. The summed E-state index contributed by atoms with van der Waals surface area (Å²) < 4.78 is 33.3. The van der Waals surface area contributed by atoms with Crippen molar-refractivity contribution in [3.63, 3.8) is 0 Å². The Morgan fingerprint density at radius 2 is 1.85 bits per heavy atom. The summed E-state index contributed by atoms with van der Waals surface area (Å²) in [5.74, 6) is 0. The van der Waals surface area contributed by atoms with Crippen molar-refractivity contribution in [3.8, 4) is 0 Å². The maximum Gasteiger partial charge on any atom is 0.421 e. The zero-order valence-corrected chi connectivity index (χ0v) is 8.34. The van der Waals surface area contributed by atoms with Gasteiger partial charge in [0.05, 0.1) is 6.61 Å². The first kappa shape index (κ1) is 13.1. The fourth-order valence-corrected chi connectivity index (χ4v) is 0.637. The molecule has 0 aliphatic carbocycles. The van der Waals surface area contributed by atoms with Crippen molar-refractivity contribution in [3.05, 3.63) is 11.6 Å². The summed E-state index contributed by atoms with van der Waals surface area (Å²) in [5, 5.41) is 8.50. The van der Waals surface area contributed by atoms with Crippen LogP contribution in [0.2, 0.25) is 0 Å². The van der Waals surface area contributed by atoms with Gasteiger partial charge < -0.3 is 5.11 Å². The monoisotopic (exact) mass is 236 g/mol. The van der Waals surface area contributed by atoms with Crippen molar-refractivity contribution in [1.82, 2.24) is 0 Å². The number of rotatable bonds is 3. The predicted molar refractivity (Wildman–Crippen MR) is 46.0 cm³/mol. The average molecular weight is 237 g/mol. The lowest BCUT2D eigenvalue weighted by molar-refractivity contribution is -0.140. The molecule has 0 aliphatic rings. The summed E-state index contributed by atoms with van der Waals surface area (Å²) in [4.78, 5) is 0. The fraction of sp³-hybridized carbons (Fsp3) is 0.714. The highest BCUT2D eigenvalue weighted by Crippen LogP contribution is 2.42. The van der Waals surface area contributed by atoms with Crippen LogP contribution >= 0.6 is 23.2 Å². The van der Waals surface area contributed by atoms with Crippen molar-refractivity contribution < 1.29 is 18.3 Å². The standard InChI is InChI=1S/C7H9Cl2F3O/c1-5(4-13)2-3-6(8,9)7(10,11)12/h2,13H,3-4H2,1H3. The van der Waals surface area contributed by atoms with E-state index in [1.54, 1.807) is 0 Å². The van der Waals surface area contributed by atoms with E-state index in [0.717, 1.165) is 6.08 Å². The minimum atomic E-state index is -4.66. The van der Waals surface area contributed by atoms with E-state index in [9.17, 15) is 13.2 Å². The minimum Gasteiger partial charge on any atom is -0.392 e. The number of alkyl halides is 5. The fourth-order valence-electron chi connectivity index (χ4n) is 0.483. The second-order valence-electron chi connectivity index (χ2n) is 2.61. The first-order chi connectivity index (χ1) is 5.70. The number of allylic oxidation sites excluding steroid dienone is 1. The van der Waals surface area contributed by atoms with Crippen LogP contribution in [-0.4, -0.2) is 22.2 Å². The summed E-state index contributed by atoms with van der Waals surface area (Å²) in [6.07, 6.45) is -4.07. The number of aliphatic hydroxyl groups is 1. The minimum absolute atomic E-state index is 0.304. The van der Waals surface area contributed by atoms with E-state index in [-0.39, 0.29) is 6.61 Å². The molecule has 13 heavy (non-hydrogen) atoms. The molecule has 78 valence electrons. The van der Waals surface area contributed by atoms with Gasteiger partial charge in [-0.3, -0.25) is 0 Å². The summed E-state index contributed by atoms with van der Waals surface area (Å²) >= 11 is 10.1. The van der Waals surface area contributed by atoms with Crippen LogP contribution in [0.25, 0.3) is 0 Å². The summed E-state index contributed by atoms with van der Waals surface area (Å²) in [5.41, 5.74) is 0.398. The molecule has 0 saturated heterocycles. The van der Waals surface area contributed by atoms with Crippen LogP contribution in [-0.2, 0) is 0 Å². The Labute approximate surface area is 84.1 Å². The van der Waals surface area contributed by atoms with Crippen LogP contribution < -0.4 is 0 Å². The molecule has 0 radical (unpaired) electrons. The molecule has 0 amide bonds. The van der Waals surface area contributed by atoms with Crippen molar-refractivity contribution in [1.29, 1.82) is 0 Å². The Balaban J connectivity index is 4.36. The Kier molecular flexibility index (Phi) is 4.55. The van der Waals surface area contributed by atoms with Crippen LogP contribution in [0.1, 0.15) is 13.3 Å². The van der Waals surface area contributed by atoms with Crippen molar-refractivity contribution >= 4 is 23.2 Å². The van der Waals surface area contributed by atoms with Crippen LogP contribution in [0.15, 0.2) is 11.6 Å². The molecule has 0 spiro atoms. The predicted octanol–water partition coefficient (Wildman–Crippen LogP) is 3.05. The van der Waals surface area contributed by atoms with E-state index in [4.69, 9.17) is 28.3 Å². The van der Waals surface area contributed by atoms with Gasteiger partial charge >= 0.3 is 6.18 Å². The van der Waals surface area contributed by atoms with Gasteiger partial charge in [-0.25, -0.2) is 0 Å². The van der Waals surface area contributed by atoms with Crippen molar-refractivity contribution in [2.45, 2.75) is 23.9 Å². The van der Waals surface area contributed by atoms with Crippen LogP contribution in [0.4, 0.5) is 13.2 Å². The van der Waals surface area contributed by atoms with E-state index >= 15 is 0 Å². The molecule has 0 fully saturated rings. The van der Waals surface area contributed by atoms with Gasteiger partial charge in [-0.1, -0.05) is 34.9 Å². The smallest absolute Gasteiger partial charge is 0.392 e. The second kappa shape index (κ2) is 4.53. The Bertz CT molecular complexity index is 198. The Morgan fingerprint density at radius 3 is 2.15 bits per heavy atom. The highest BCUT2D eigenvalue weighted by Gasteiger charge is 2.51. The molecular weight excluding hydrogens is 228 g/mol. The lowest BCUT2D eigenvalue weighted by Crippen LogP contribution is -2.33. The number of hydrogen-bond acceptors (Lipinski definition) is 1. The molecule has 0 aromatic rings. The maximum absolute atomic E-state index is 12.0. The normalized spacial score (nSPS) is 14.8. The second-order valence-corrected chi connectivity index (χ2v) is 4.10. The average Bonchev–Trinajstić information content (AvgIpc) is 1.98. The van der Waals surface area contributed by atoms with Gasteiger partial charge in [0.25, 0.3) is 0 Å². The van der Waals surface area contributed by atoms with E-state index in [1.165, 1.54) is 6.92 Å². The van der Waals surface area contributed by atoms with Gasteiger partial charge in [0.2, 0.25) is 4.33 Å². The molecule has 0 rings (SSSR count). The van der Waals surface area contributed by atoms with Gasteiger partial charge in [-0.05, 0) is 6.92 Å². The third-order valence-corrected chi connectivity index (χ3v) is 2.11. The van der Waals surface area contributed by atoms with Gasteiger partial charge in [0.1, 0.15) is 0 Å². The molecule has 0 atom stereocenters. The molecule has 1 nitrogen and oxygen atoms in total. The number of aliphatic hydroxyl groups excluding tert-OH is 1. The van der Waals surface area contributed by atoms with E-state index in [2.05, 4.69) is 0 Å². The van der Waals surface area contributed by atoms with Crippen molar-refractivity contribution in [2.24, 2.45) is 0 Å². The highest BCUT2D eigenvalue weighted by molar-refractivity contribution is 6.49. The zero-order chi connectivity index (χ0) is 10.7. The molecule has 6 heteroatoms. The SMILES string of the molecule is CC(=CCC(Cl)(Cl)C(F)(F)F)CO. The molecule has 0 bridgehead atoms. The summed E-state index contributed by atoms with van der Waals surface area (Å²) in [6, 6.07) is 0. The van der Waals surface area contributed by atoms with Crippen LogP contribution in [0, 0.1) is 0 Å². The Morgan fingerprint density at radius 1 is 1.38 bits per heavy atom. The van der Waals surface area contributed by atoms with Gasteiger partial charge in [-0.15, -0.1) is 0 Å². The number of hydrogen-bond donors (Lipinski definition) is 1. The summed E-state index contributed by atoms with van der Waals surface area (Å²) in [6.45, 7) is 1.18.